The predicted octanol–water partition coefficient (Wildman–Crippen LogP) is 4.27. The lowest BCUT2D eigenvalue weighted by Gasteiger charge is -2.24. The second-order valence-electron chi connectivity index (χ2n) is 5.16. The van der Waals surface area contributed by atoms with Crippen molar-refractivity contribution in [2.75, 3.05) is 18.8 Å². The van der Waals surface area contributed by atoms with Gasteiger partial charge in [-0.3, -0.25) is 0 Å². The van der Waals surface area contributed by atoms with Gasteiger partial charge in [0.25, 0.3) is 0 Å². The van der Waals surface area contributed by atoms with Crippen LogP contribution in [0.2, 0.25) is 0 Å². The molecule has 0 amide bonds. The van der Waals surface area contributed by atoms with Gasteiger partial charge in [-0.2, -0.15) is 0 Å². The molecule has 0 radical (unpaired) electrons. The largest absolute Gasteiger partial charge is 0.357 e. The van der Waals surface area contributed by atoms with Gasteiger partial charge in [0.15, 0.2) is 0 Å². The first-order valence-electron chi connectivity index (χ1n) is 6.39. The minimum atomic E-state index is 0.858. The predicted molar refractivity (Wildman–Crippen MR) is 81.7 cm³/mol. The Morgan fingerprint density at radius 1 is 1.29 bits per heavy atom. The summed E-state index contributed by atoms with van der Waals surface area (Å²) in [5.41, 5.74) is 0. The Kier molecular flexibility index (Phi) is 5.19. The molecule has 2 bridgehead atoms. The van der Waals surface area contributed by atoms with Gasteiger partial charge in [0.2, 0.25) is 0 Å². The average molecular weight is 290 g/mol. The second kappa shape index (κ2) is 6.44. The molecule has 3 fully saturated rings. The first-order valence-corrected chi connectivity index (χ1v) is 8.16. The molecular formula is C13H20ClNS2. The SMILES string of the molecule is CC(Cl)=CCSC(=S)N1CC2CCC(CC2)C1. The van der Waals surface area contributed by atoms with Crippen LogP contribution >= 0.6 is 35.6 Å². The van der Waals surface area contributed by atoms with Crippen LogP contribution in [0.15, 0.2) is 11.1 Å². The quantitative estimate of drug-likeness (QED) is 0.699. The molecule has 0 aromatic heterocycles. The average Bonchev–Trinajstić information content (AvgIpc) is 2.61. The summed E-state index contributed by atoms with van der Waals surface area (Å²) in [5.74, 6) is 2.68. The molecule has 0 aromatic carbocycles. The molecule has 3 rings (SSSR count). The zero-order chi connectivity index (χ0) is 12.3. The number of halogens is 1. The van der Waals surface area contributed by atoms with Crippen LogP contribution in [0.4, 0.5) is 0 Å². The van der Waals surface area contributed by atoms with Crippen molar-refractivity contribution in [3.05, 3.63) is 11.1 Å². The van der Waals surface area contributed by atoms with E-state index in [4.69, 9.17) is 23.8 Å². The lowest BCUT2D eigenvalue weighted by molar-refractivity contribution is 0.326. The molecule has 2 aliphatic heterocycles. The first-order chi connectivity index (χ1) is 8.15. The van der Waals surface area contributed by atoms with Gasteiger partial charge < -0.3 is 4.90 Å². The summed E-state index contributed by atoms with van der Waals surface area (Å²) in [7, 11) is 0. The number of thiocarbonyl (C=S) groups is 1. The van der Waals surface area contributed by atoms with Gasteiger partial charge >= 0.3 is 0 Å². The lowest BCUT2D eigenvalue weighted by Crippen LogP contribution is -2.31. The van der Waals surface area contributed by atoms with Gasteiger partial charge in [-0.05, 0) is 44.4 Å². The molecule has 1 saturated carbocycles. The van der Waals surface area contributed by atoms with E-state index >= 15 is 0 Å². The monoisotopic (exact) mass is 289 g/mol. The number of fused-ring (bicyclic) bond motifs is 4. The van der Waals surface area contributed by atoms with Crippen molar-refractivity contribution in [2.24, 2.45) is 11.8 Å². The summed E-state index contributed by atoms with van der Waals surface area (Å²) in [6.07, 6.45) is 7.68. The molecule has 1 nitrogen and oxygen atoms in total. The highest BCUT2D eigenvalue weighted by Crippen LogP contribution is 2.34. The van der Waals surface area contributed by atoms with E-state index in [2.05, 4.69) is 4.90 Å². The van der Waals surface area contributed by atoms with Crippen molar-refractivity contribution in [1.82, 2.24) is 4.90 Å². The Labute approximate surface area is 119 Å². The Bertz CT molecular complexity index is 291. The highest BCUT2D eigenvalue weighted by Gasteiger charge is 2.30. The van der Waals surface area contributed by atoms with Crippen molar-refractivity contribution in [2.45, 2.75) is 32.6 Å². The first kappa shape index (κ1) is 13.7. The van der Waals surface area contributed by atoms with Gasteiger partial charge in [0.05, 0.1) is 0 Å². The molecule has 0 N–H and O–H groups in total. The molecule has 96 valence electrons. The summed E-state index contributed by atoms with van der Waals surface area (Å²) in [5, 5.41) is 0.858. The number of hydrogen-bond donors (Lipinski definition) is 0. The summed E-state index contributed by atoms with van der Waals surface area (Å²) in [4.78, 5) is 2.44. The van der Waals surface area contributed by atoms with E-state index in [-0.39, 0.29) is 0 Å². The molecular weight excluding hydrogens is 270 g/mol. The van der Waals surface area contributed by atoms with Gasteiger partial charge in [0.1, 0.15) is 4.32 Å². The van der Waals surface area contributed by atoms with Crippen molar-refractivity contribution in [3.63, 3.8) is 0 Å². The maximum absolute atomic E-state index is 5.82. The van der Waals surface area contributed by atoms with E-state index in [1.54, 1.807) is 11.8 Å². The van der Waals surface area contributed by atoms with Crippen molar-refractivity contribution < 1.29 is 0 Å². The molecule has 2 saturated heterocycles. The highest BCUT2D eigenvalue weighted by molar-refractivity contribution is 8.23. The Morgan fingerprint density at radius 2 is 1.82 bits per heavy atom. The number of nitrogens with zero attached hydrogens (tertiary/aromatic N) is 1. The van der Waals surface area contributed by atoms with E-state index in [1.165, 1.54) is 38.8 Å². The maximum atomic E-state index is 5.82. The smallest absolute Gasteiger partial charge is 0.136 e. The topological polar surface area (TPSA) is 3.24 Å². The summed E-state index contributed by atoms with van der Waals surface area (Å²) in [6, 6.07) is 0. The molecule has 1 aliphatic carbocycles. The lowest BCUT2D eigenvalue weighted by atomic mass is 9.84. The van der Waals surface area contributed by atoms with Gasteiger partial charge in [-0.25, -0.2) is 0 Å². The molecule has 4 heteroatoms. The van der Waals surface area contributed by atoms with Gasteiger partial charge in [-0.15, -0.1) is 0 Å². The Balaban J connectivity index is 1.85. The van der Waals surface area contributed by atoms with E-state index in [0.717, 1.165) is 26.9 Å². The minimum Gasteiger partial charge on any atom is -0.357 e. The third-order valence-corrected chi connectivity index (χ3v) is 5.36. The van der Waals surface area contributed by atoms with E-state index in [9.17, 15) is 0 Å². The zero-order valence-electron chi connectivity index (χ0n) is 10.3. The number of hydrogen-bond acceptors (Lipinski definition) is 2. The third-order valence-electron chi connectivity index (χ3n) is 3.75. The maximum Gasteiger partial charge on any atom is 0.136 e. The van der Waals surface area contributed by atoms with E-state index in [0.29, 0.717) is 0 Å². The Hall–Kier alpha value is 0.270. The van der Waals surface area contributed by atoms with Crippen LogP contribution < -0.4 is 0 Å². The van der Waals surface area contributed by atoms with Gasteiger partial charge in [-0.1, -0.05) is 41.7 Å². The highest BCUT2D eigenvalue weighted by atomic mass is 35.5. The summed E-state index contributed by atoms with van der Waals surface area (Å²) >= 11 is 13.1. The van der Waals surface area contributed by atoms with Crippen LogP contribution in [0.5, 0.6) is 0 Å². The fourth-order valence-corrected chi connectivity index (χ4v) is 4.09. The molecule has 17 heavy (non-hydrogen) atoms. The zero-order valence-corrected chi connectivity index (χ0v) is 12.7. The van der Waals surface area contributed by atoms with Crippen molar-refractivity contribution in [1.29, 1.82) is 0 Å². The molecule has 0 unspecified atom stereocenters. The minimum absolute atomic E-state index is 0.858. The van der Waals surface area contributed by atoms with Crippen LogP contribution in [0.3, 0.4) is 0 Å². The normalized spacial score (nSPS) is 29.3. The van der Waals surface area contributed by atoms with Crippen LogP contribution in [-0.4, -0.2) is 28.1 Å². The van der Waals surface area contributed by atoms with Crippen LogP contribution in [-0.2, 0) is 0 Å². The number of thioether (sulfide) groups is 1. The fraction of sp³-hybridized carbons (Fsp3) is 0.769. The van der Waals surface area contributed by atoms with E-state index < -0.39 is 0 Å². The third kappa shape index (κ3) is 4.15. The number of allylic oxidation sites excluding steroid dienone is 1. The molecule has 0 spiro atoms. The van der Waals surface area contributed by atoms with Crippen LogP contribution in [0, 0.1) is 11.8 Å². The van der Waals surface area contributed by atoms with Crippen LogP contribution in [0.25, 0.3) is 0 Å². The molecule has 2 heterocycles. The van der Waals surface area contributed by atoms with Crippen LogP contribution in [0.1, 0.15) is 32.6 Å². The molecule has 0 aromatic rings. The second-order valence-corrected chi connectivity index (χ2v) is 7.41. The fourth-order valence-electron chi connectivity index (χ4n) is 2.76. The van der Waals surface area contributed by atoms with Gasteiger partial charge in [0, 0.05) is 23.9 Å². The molecule has 3 aliphatic rings. The summed E-state index contributed by atoms with van der Waals surface area (Å²) < 4.78 is 1.07. The summed E-state index contributed by atoms with van der Waals surface area (Å²) in [6.45, 7) is 4.29. The Morgan fingerprint density at radius 3 is 2.29 bits per heavy atom. The standard InChI is InChI=1S/C13H20ClNS2/c1-10(14)6-7-17-13(16)15-8-11-2-3-12(9-15)5-4-11/h6,11-12H,2-5,7-9H2,1H3. The molecule has 0 atom stereocenters. The van der Waals surface area contributed by atoms with Crippen molar-refractivity contribution in [3.8, 4) is 0 Å². The van der Waals surface area contributed by atoms with Crippen molar-refractivity contribution >= 4 is 39.9 Å². The van der Waals surface area contributed by atoms with E-state index in [1.807, 2.05) is 13.0 Å². The number of rotatable bonds is 2.